The number of carbonyl (C=O) groups is 1. The van der Waals surface area contributed by atoms with Gasteiger partial charge in [0.25, 0.3) is 0 Å². The molecule has 0 aromatic heterocycles. The summed E-state index contributed by atoms with van der Waals surface area (Å²) in [6, 6.07) is 22.0. The fourth-order valence-electron chi connectivity index (χ4n) is 3.89. The van der Waals surface area contributed by atoms with Crippen molar-refractivity contribution in [2.45, 2.75) is 19.3 Å². The standard InChI is InChI=1S/C27H29FN2O4/c1-32-25-14-21(10-11-24(25)34-19-20-6-3-2-4-7-20)16-29-27(31)18-30-12-13-33-26(17-30)22-8-5-9-23(28)15-22/h2-11,14-15,26H,12-13,16-19H2,1H3,(H,29,31). The lowest BCUT2D eigenvalue weighted by Crippen LogP contribution is -2.44. The van der Waals surface area contributed by atoms with Crippen molar-refractivity contribution in [2.24, 2.45) is 0 Å². The van der Waals surface area contributed by atoms with Gasteiger partial charge in [-0.2, -0.15) is 0 Å². The lowest BCUT2D eigenvalue weighted by atomic mass is 10.1. The number of benzene rings is 3. The third-order valence-electron chi connectivity index (χ3n) is 5.69. The van der Waals surface area contributed by atoms with Gasteiger partial charge in [-0.15, -0.1) is 0 Å². The molecule has 0 spiro atoms. The van der Waals surface area contributed by atoms with Crippen LogP contribution in [0.15, 0.2) is 72.8 Å². The van der Waals surface area contributed by atoms with Crippen LogP contribution in [0.4, 0.5) is 4.39 Å². The number of hydrogen-bond acceptors (Lipinski definition) is 5. The van der Waals surface area contributed by atoms with E-state index in [-0.39, 0.29) is 24.4 Å². The Morgan fingerprint density at radius 3 is 2.71 bits per heavy atom. The van der Waals surface area contributed by atoms with E-state index in [4.69, 9.17) is 14.2 Å². The molecule has 0 bridgehead atoms. The zero-order valence-corrected chi connectivity index (χ0v) is 19.2. The van der Waals surface area contributed by atoms with Crippen LogP contribution in [0.25, 0.3) is 0 Å². The number of nitrogens with one attached hydrogen (secondary N) is 1. The first-order valence-corrected chi connectivity index (χ1v) is 11.3. The topological polar surface area (TPSA) is 60.0 Å². The van der Waals surface area contributed by atoms with Gasteiger partial charge in [0.1, 0.15) is 12.4 Å². The minimum absolute atomic E-state index is 0.0803. The second-order valence-corrected chi connectivity index (χ2v) is 8.19. The number of methoxy groups -OCH3 is 1. The van der Waals surface area contributed by atoms with Crippen LogP contribution in [0.1, 0.15) is 22.8 Å². The van der Waals surface area contributed by atoms with E-state index in [1.54, 1.807) is 13.2 Å². The Labute approximate surface area is 199 Å². The van der Waals surface area contributed by atoms with E-state index in [1.165, 1.54) is 12.1 Å². The third-order valence-corrected chi connectivity index (χ3v) is 5.69. The minimum Gasteiger partial charge on any atom is -0.493 e. The van der Waals surface area contributed by atoms with Crippen molar-refractivity contribution in [3.63, 3.8) is 0 Å². The summed E-state index contributed by atoms with van der Waals surface area (Å²) >= 11 is 0. The number of halogens is 1. The van der Waals surface area contributed by atoms with Gasteiger partial charge in [-0.1, -0.05) is 48.5 Å². The second-order valence-electron chi connectivity index (χ2n) is 8.19. The maximum Gasteiger partial charge on any atom is 0.234 e. The number of nitrogens with zero attached hydrogens (tertiary/aromatic N) is 1. The Balaban J connectivity index is 1.27. The summed E-state index contributed by atoms with van der Waals surface area (Å²) in [4.78, 5) is 14.6. The summed E-state index contributed by atoms with van der Waals surface area (Å²) in [5, 5.41) is 2.96. The number of rotatable bonds is 9. The molecule has 0 radical (unpaired) electrons. The molecule has 1 fully saturated rings. The zero-order chi connectivity index (χ0) is 23.8. The largest absolute Gasteiger partial charge is 0.493 e. The van der Waals surface area contributed by atoms with Crippen molar-refractivity contribution in [1.29, 1.82) is 0 Å². The van der Waals surface area contributed by atoms with E-state index in [0.29, 0.717) is 44.3 Å². The lowest BCUT2D eigenvalue weighted by molar-refractivity contribution is -0.124. The van der Waals surface area contributed by atoms with Crippen LogP contribution >= 0.6 is 0 Å². The predicted octanol–water partition coefficient (Wildman–Crippen LogP) is 4.10. The molecule has 3 aromatic carbocycles. The molecule has 4 rings (SSSR count). The Kier molecular flexibility index (Phi) is 8.12. The molecule has 3 aromatic rings. The molecular weight excluding hydrogens is 435 g/mol. The monoisotopic (exact) mass is 464 g/mol. The highest BCUT2D eigenvalue weighted by Gasteiger charge is 2.23. The smallest absolute Gasteiger partial charge is 0.234 e. The van der Waals surface area contributed by atoms with E-state index in [0.717, 1.165) is 16.7 Å². The van der Waals surface area contributed by atoms with Gasteiger partial charge in [0.05, 0.1) is 26.4 Å². The fraction of sp³-hybridized carbons (Fsp3) is 0.296. The second kappa shape index (κ2) is 11.6. The van der Waals surface area contributed by atoms with Crippen LogP contribution in [0, 0.1) is 5.82 Å². The highest BCUT2D eigenvalue weighted by Crippen LogP contribution is 2.29. The molecule has 178 valence electrons. The molecule has 1 N–H and O–H groups in total. The van der Waals surface area contributed by atoms with Crippen LogP contribution in [0.2, 0.25) is 0 Å². The quantitative estimate of drug-likeness (QED) is 0.517. The van der Waals surface area contributed by atoms with E-state index in [2.05, 4.69) is 5.32 Å². The van der Waals surface area contributed by atoms with Crippen molar-refractivity contribution in [3.05, 3.63) is 95.3 Å². The highest BCUT2D eigenvalue weighted by atomic mass is 19.1. The van der Waals surface area contributed by atoms with Crippen molar-refractivity contribution < 1.29 is 23.4 Å². The van der Waals surface area contributed by atoms with Gasteiger partial charge in [0.2, 0.25) is 5.91 Å². The molecule has 1 saturated heterocycles. The van der Waals surface area contributed by atoms with Crippen molar-refractivity contribution >= 4 is 5.91 Å². The molecule has 1 atom stereocenters. The van der Waals surface area contributed by atoms with Crippen molar-refractivity contribution in [1.82, 2.24) is 10.2 Å². The summed E-state index contributed by atoms with van der Waals surface area (Å²) in [6.45, 7) is 2.77. The molecule has 1 heterocycles. The van der Waals surface area contributed by atoms with Crippen molar-refractivity contribution in [2.75, 3.05) is 33.4 Å². The average Bonchev–Trinajstić information content (AvgIpc) is 2.87. The fourth-order valence-corrected chi connectivity index (χ4v) is 3.89. The number of hydrogen-bond donors (Lipinski definition) is 1. The van der Waals surface area contributed by atoms with Gasteiger partial charge in [-0.05, 0) is 41.0 Å². The number of carbonyl (C=O) groups excluding carboxylic acids is 1. The summed E-state index contributed by atoms with van der Waals surface area (Å²) in [7, 11) is 1.60. The van der Waals surface area contributed by atoms with E-state index in [1.807, 2.05) is 59.5 Å². The summed E-state index contributed by atoms with van der Waals surface area (Å²) < 4.78 is 30.7. The van der Waals surface area contributed by atoms with Gasteiger partial charge < -0.3 is 19.5 Å². The highest BCUT2D eigenvalue weighted by molar-refractivity contribution is 5.78. The third kappa shape index (κ3) is 6.56. The van der Waals surface area contributed by atoms with Gasteiger partial charge in [0.15, 0.2) is 11.5 Å². The first kappa shape index (κ1) is 23.7. The lowest BCUT2D eigenvalue weighted by Gasteiger charge is -2.32. The summed E-state index contributed by atoms with van der Waals surface area (Å²) in [5.41, 5.74) is 2.77. The SMILES string of the molecule is COc1cc(CNC(=O)CN2CCOC(c3cccc(F)c3)C2)ccc1OCc1ccccc1. The zero-order valence-electron chi connectivity index (χ0n) is 19.2. The molecule has 7 heteroatoms. The first-order valence-electron chi connectivity index (χ1n) is 11.3. The molecule has 1 aliphatic heterocycles. The van der Waals surface area contributed by atoms with Crippen LogP contribution in [-0.4, -0.2) is 44.2 Å². The number of amides is 1. The Morgan fingerprint density at radius 2 is 1.91 bits per heavy atom. The molecule has 1 amide bonds. The molecule has 1 aliphatic rings. The van der Waals surface area contributed by atoms with E-state index in [9.17, 15) is 9.18 Å². The van der Waals surface area contributed by atoms with Gasteiger partial charge >= 0.3 is 0 Å². The van der Waals surface area contributed by atoms with Crippen molar-refractivity contribution in [3.8, 4) is 11.5 Å². The first-order chi connectivity index (χ1) is 16.6. The Hall–Kier alpha value is -3.42. The molecule has 6 nitrogen and oxygen atoms in total. The Bertz CT molecular complexity index is 1090. The molecule has 0 saturated carbocycles. The van der Waals surface area contributed by atoms with Crippen LogP contribution < -0.4 is 14.8 Å². The van der Waals surface area contributed by atoms with Gasteiger partial charge in [-0.3, -0.25) is 9.69 Å². The van der Waals surface area contributed by atoms with E-state index >= 15 is 0 Å². The number of morpholine rings is 1. The Morgan fingerprint density at radius 1 is 1.06 bits per heavy atom. The summed E-state index contributed by atoms with van der Waals surface area (Å²) in [6.07, 6.45) is -0.245. The average molecular weight is 465 g/mol. The van der Waals surface area contributed by atoms with Crippen LogP contribution in [-0.2, 0) is 22.7 Å². The number of ether oxygens (including phenoxy) is 3. The van der Waals surface area contributed by atoms with Crippen LogP contribution in [0.3, 0.4) is 0 Å². The predicted molar refractivity (Wildman–Crippen MR) is 127 cm³/mol. The minimum atomic E-state index is -0.289. The maximum atomic E-state index is 13.5. The maximum absolute atomic E-state index is 13.5. The normalized spacial score (nSPS) is 16.1. The van der Waals surface area contributed by atoms with Gasteiger partial charge in [0, 0.05) is 19.6 Å². The molecule has 1 unspecified atom stereocenters. The molecule has 0 aliphatic carbocycles. The molecule has 34 heavy (non-hydrogen) atoms. The molecular formula is C27H29FN2O4. The van der Waals surface area contributed by atoms with Crippen LogP contribution in [0.5, 0.6) is 11.5 Å². The summed E-state index contributed by atoms with van der Waals surface area (Å²) in [5.74, 6) is 0.901. The van der Waals surface area contributed by atoms with E-state index < -0.39 is 0 Å². The van der Waals surface area contributed by atoms with Gasteiger partial charge in [-0.25, -0.2) is 4.39 Å².